The molecule has 0 radical (unpaired) electrons. The van der Waals surface area contributed by atoms with Crippen LogP contribution >= 0.6 is 0 Å². The van der Waals surface area contributed by atoms with E-state index in [1.807, 2.05) is 77.4 Å². The molecule has 2 atom stereocenters. The molecule has 4 rings (SSSR count). The first-order valence-electron chi connectivity index (χ1n) is 11.5. The van der Waals surface area contributed by atoms with Crippen LogP contribution in [0.2, 0.25) is 0 Å². The molecule has 2 fully saturated rings. The molecule has 2 amide bonds. The number of nitrogens with zero attached hydrogens (tertiary/aromatic N) is 2. The molecule has 0 spiro atoms. The summed E-state index contributed by atoms with van der Waals surface area (Å²) in [5.74, 6) is 1.09. The summed E-state index contributed by atoms with van der Waals surface area (Å²) in [6.07, 6.45) is 1.75. The van der Waals surface area contributed by atoms with Crippen molar-refractivity contribution in [3.63, 3.8) is 0 Å². The number of nitrogens with one attached hydrogen (secondary N) is 2. The Balaban J connectivity index is 1.31. The van der Waals surface area contributed by atoms with Gasteiger partial charge in [-0.15, -0.1) is 0 Å². The Hall–Kier alpha value is -2.90. The lowest BCUT2D eigenvalue weighted by Crippen LogP contribution is -2.50. The zero-order chi connectivity index (χ0) is 22.3. The van der Waals surface area contributed by atoms with Crippen LogP contribution < -0.4 is 20.5 Å². The zero-order valence-electron chi connectivity index (χ0n) is 18.6. The fourth-order valence-corrected chi connectivity index (χ4v) is 4.74. The van der Waals surface area contributed by atoms with Gasteiger partial charge in [0.15, 0.2) is 6.61 Å². The van der Waals surface area contributed by atoms with Gasteiger partial charge in [-0.1, -0.05) is 36.4 Å². The highest BCUT2D eigenvalue weighted by Crippen LogP contribution is 2.29. The number of para-hydroxylation sites is 2. The van der Waals surface area contributed by atoms with Crippen LogP contribution in [0.5, 0.6) is 5.75 Å². The van der Waals surface area contributed by atoms with Crippen LogP contribution in [0.3, 0.4) is 0 Å². The topological polar surface area (TPSA) is 73.9 Å². The Kier molecular flexibility index (Phi) is 7.39. The Morgan fingerprint density at radius 1 is 1.03 bits per heavy atom. The van der Waals surface area contributed by atoms with Gasteiger partial charge in [0.25, 0.3) is 5.91 Å². The quantitative estimate of drug-likeness (QED) is 0.698. The van der Waals surface area contributed by atoms with Crippen LogP contribution in [0.4, 0.5) is 5.69 Å². The smallest absolute Gasteiger partial charge is 0.260 e. The number of piperidine rings is 1. The van der Waals surface area contributed by atoms with Crippen LogP contribution in [0.15, 0.2) is 60.7 Å². The lowest BCUT2D eigenvalue weighted by atomic mass is 9.82. The average Bonchev–Trinajstić information content (AvgIpc) is 3.34. The van der Waals surface area contributed by atoms with Crippen molar-refractivity contribution in [1.82, 2.24) is 15.8 Å². The Morgan fingerprint density at radius 3 is 2.34 bits per heavy atom. The number of hydrogen-bond donors (Lipinski definition) is 2. The van der Waals surface area contributed by atoms with E-state index in [2.05, 4.69) is 10.9 Å². The lowest BCUT2D eigenvalue weighted by molar-refractivity contribution is -0.135. The molecule has 2 aromatic rings. The Morgan fingerprint density at radius 2 is 1.69 bits per heavy atom. The maximum absolute atomic E-state index is 13.4. The van der Waals surface area contributed by atoms with Gasteiger partial charge >= 0.3 is 0 Å². The molecule has 0 saturated carbocycles. The first kappa shape index (κ1) is 22.3. The van der Waals surface area contributed by atoms with E-state index in [0.29, 0.717) is 37.8 Å². The van der Waals surface area contributed by atoms with Crippen molar-refractivity contribution < 1.29 is 14.3 Å². The minimum atomic E-state index is -0.121. The number of anilines is 1. The lowest BCUT2D eigenvalue weighted by Gasteiger charge is -2.37. The largest absolute Gasteiger partial charge is 0.484 e. The molecule has 2 aromatic carbocycles. The summed E-state index contributed by atoms with van der Waals surface area (Å²) in [5, 5.41) is 0. The highest BCUT2D eigenvalue weighted by Gasteiger charge is 2.41. The minimum absolute atomic E-state index is 0.0127. The van der Waals surface area contributed by atoms with E-state index < -0.39 is 0 Å². The van der Waals surface area contributed by atoms with E-state index >= 15 is 0 Å². The number of hydrogen-bond acceptors (Lipinski definition) is 5. The van der Waals surface area contributed by atoms with Crippen molar-refractivity contribution in [3.05, 3.63) is 60.7 Å². The second kappa shape index (κ2) is 10.6. The highest BCUT2D eigenvalue weighted by atomic mass is 16.5. The molecule has 2 aliphatic rings. The molecule has 7 heteroatoms. The standard InChI is InChI=1S/C25H32N4O3/c1-2-29(20-9-5-3-6-10-20)25(31)22-17-26-27-24(22)19-13-15-28(16-14-19)23(30)18-32-21-11-7-4-8-12-21/h3-12,19,22,24,26-27H,2,13-18H2,1H3. The van der Waals surface area contributed by atoms with Crippen molar-refractivity contribution in [2.75, 3.05) is 37.7 Å². The molecule has 0 bridgehead atoms. The van der Waals surface area contributed by atoms with Crippen LogP contribution in [-0.4, -0.2) is 55.5 Å². The molecule has 170 valence electrons. The van der Waals surface area contributed by atoms with Gasteiger partial charge in [0.05, 0.1) is 5.92 Å². The molecule has 7 nitrogen and oxygen atoms in total. The summed E-state index contributed by atoms with van der Waals surface area (Å²) in [7, 11) is 0. The van der Waals surface area contributed by atoms with Crippen molar-refractivity contribution in [1.29, 1.82) is 0 Å². The van der Waals surface area contributed by atoms with Gasteiger partial charge < -0.3 is 14.5 Å². The summed E-state index contributed by atoms with van der Waals surface area (Å²) in [6, 6.07) is 19.3. The summed E-state index contributed by atoms with van der Waals surface area (Å²) in [5.41, 5.74) is 7.49. The van der Waals surface area contributed by atoms with Crippen LogP contribution in [-0.2, 0) is 9.59 Å². The van der Waals surface area contributed by atoms with Crippen molar-refractivity contribution in [2.45, 2.75) is 25.8 Å². The monoisotopic (exact) mass is 436 g/mol. The maximum atomic E-state index is 13.4. The molecular formula is C25H32N4O3. The Labute approximate surface area is 189 Å². The molecule has 0 aromatic heterocycles. The van der Waals surface area contributed by atoms with Crippen molar-refractivity contribution in [3.8, 4) is 5.75 Å². The maximum Gasteiger partial charge on any atom is 0.260 e. The first-order chi connectivity index (χ1) is 15.7. The van der Waals surface area contributed by atoms with E-state index in [1.165, 1.54) is 0 Å². The number of carbonyl (C=O) groups is 2. The summed E-state index contributed by atoms with van der Waals surface area (Å²) in [6.45, 7) is 4.71. The van der Waals surface area contributed by atoms with E-state index in [0.717, 1.165) is 18.5 Å². The molecule has 2 aliphatic heterocycles. The molecule has 2 saturated heterocycles. The van der Waals surface area contributed by atoms with Gasteiger partial charge in [0.2, 0.25) is 5.91 Å². The number of carbonyl (C=O) groups excluding carboxylic acids is 2. The highest BCUT2D eigenvalue weighted by molar-refractivity contribution is 5.95. The third kappa shape index (κ3) is 5.11. The predicted molar refractivity (Wildman–Crippen MR) is 124 cm³/mol. The third-order valence-corrected chi connectivity index (χ3v) is 6.50. The van der Waals surface area contributed by atoms with Gasteiger partial charge in [-0.2, -0.15) is 0 Å². The van der Waals surface area contributed by atoms with Crippen molar-refractivity contribution in [2.24, 2.45) is 11.8 Å². The molecule has 2 unspecified atom stereocenters. The average molecular weight is 437 g/mol. The van der Waals surface area contributed by atoms with Crippen LogP contribution in [0.1, 0.15) is 19.8 Å². The van der Waals surface area contributed by atoms with Crippen LogP contribution in [0.25, 0.3) is 0 Å². The van der Waals surface area contributed by atoms with Gasteiger partial charge in [-0.3, -0.25) is 20.4 Å². The molecular weight excluding hydrogens is 404 g/mol. The zero-order valence-corrected chi connectivity index (χ0v) is 18.6. The van der Waals surface area contributed by atoms with Crippen LogP contribution in [0, 0.1) is 11.8 Å². The number of rotatable bonds is 7. The third-order valence-electron chi connectivity index (χ3n) is 6.50. The predicted octanol–water partition coefficient (Wildman–Crippen LogP) is 2.45. The number of likely N-dealkylation sites (tertiary alicyclic amines) is 1. The number of hydrazine groups is 1. The van der Waals surface area contributed by atoms with E-state index in [4.69, 9.17) is 4.74 Å². The molecule has 32 heavy (non-hydrogen) atoms. The number of amides is 2. The van der Waals surface area contributed by atoms with Gasteiger partial charge in [-0.25, -0.2) is 0 Å². The fraction of sp³-hybridized carbons (Fsp3) is 0.440. The van der Waals surface area contributed by atoms with E-state index in [-0.39, 0.29) is 30.4 Å². The first-order valence-corrected chi connectivity index (χ1v) is 11.5. The normalized spacial score (nSPS) is 21.3. The summed E-state index contributed by atoms with van der Waals surface area (Å²) >= 11 is 0. The summed E-state index contributed by atoms with van der Waals surface area (Å²) in [4.78, 5) is 29.7. The second-order valence-electron chi connectivity index (χ2n) is 8.40. The minimum Gasteiger partial charge on any atom is -0.484 e. The molecule has 2 N–H and O–H groups in total. The van der Waals surface area contributed by atoms with Gasteiger partial charge in [0.1, 0.15) is 5.75 Å². The molecule has 0 aliphatic carbocycles. The van der Waals surface area contributed by atoms with Gasteiger partial charge in [0, 0.05) is 37.9 Å². The SMILES string of the molecule is CCN(C(=O)C1CNNC1C1CCN(C(=O)COc2ccccc2)CC1)c1ccccc1. The summed E-state index contributed by atoms with van der Waals surface area (Å²) < 4.78 is 5.61. The van der Waals surface area contributed by atoms with E-state index in [9.17, 15) is 9.59 Å². The number of ether oxygens (including phenoxy) is 1. The van der Waals surface area contributed by atoms with Gasteiger partial charge in [-0.05, 0) is 49.9 Å². The Bertz CT molecular complexity index is 885. The van der Waals surface area contributed by atoms with E-state index in [1.54, 1.807) is 0 Å². The number of benzene rings is 2. The molecule has 2 heterocycles. The second-order valence-corrected chi connectivity index (χ2v) is 8.40. The van der Waals surface area contributed by atoms with Crippen molar-refractivity contribution >= 4 is 17.5 Å². The fourth-order valence-electron chi connectivity index (χ4n) is 4.74.